The molecule has 0 aliphatic carbocycles. The van der Waals surface area contributed by atoms with Crippen LogP contribution in [0.2, 0.25) is 0 Å². The Labute approximate surface area is 148 Å². The molecular formula is C19H25N5O. The molecule has 2 aliphatic rings. The summed E-state index contributed by atoms with van der Waals surface area (Å²) < 4.78 is 2.01. The lowest BCUT2D eigenvalue weighted by molar-refractivity contribution is 0.0785. The fraction of sp³-hybridized carbons (Fsp3) is 0.526. The van der Waals surface area contributed by atoms with Gasteiger partial charge in [-0.05, 0) is 43.9 Å². The van der Waals surface area contributed by atoms with E-state index in [4.69, 9.17) is 0 Å². The molecule has 25 heavy (non-hydrogen) atoms. The molecule has 6 heteroatoms. The van der Waals surface area contributed by atoms with Crippen LogP contribution in [0.5, 0.6) is 0 Å². The first-order valence-electron chi connectivity index (χ1n) is 9.19. The number of carbonyl (C=O) groups is 1. The Morgan fingerprint density at radius 1 is 1.24 bits per heavy atom. The highest BCUT2D eigenvalue weighted by atomic mass is 16.2. The first kappa shape index (κ1) is 16.3. The number of nitrogens with zero attached hydrogens (tertiary/aromatic N) is 5. The van der Waals surface area contributed by atoms with Crippen LogP contribution in [0.3, 0.4) is 0 Å². The van der Waals surface area contributed by atoms with Crippen LogP contribution < -0.4 is 0 Å². The Kier molecular flexibility index (Phi) is 4.53. The topological polar surface area (TPSA) is 54.3 Å². The molecule has 0 radical (unpaired) electrons. The van der Waals surface area contributed by atoms with Crippen molar-refractivity contribution in [1.29, 1.82) is 0 Å². The predicted molar refractivity (Wildman–Crippen MR) is 95.2 cm³/mol. The summed E-state index contributed by atoms with van der Waals surface area (Å²) in [5.41, 5.74) is 3.02. The van der Waals surface area contributed by atoms with Crippen molar-refractivity contribution in [3.8, 4) is 0 Å². The van der Waals surface area contributed by atoms with Gasteiger partial charge in [0.05, 0.1) is 12.2 Å². The minimum absolute atomic E-state index is 0.0920. The van der Waals surface area contributed by atoms with E-state index in [0.717, 1.165) is 57.7 Å². The van der Waals surface area contributed by atoms with Crippen molar-refractivity contribution in [2.45, 2.75) is 45.3 Å². The van der Waals surface area contributed by atoms with Gasteiger partial charge in [-0.25, -0.2) is 0 Å². The van der Waals surface area contributed by atoms with E-state index in [9.17, 15) is 4.79 Å². The summed E-state index contributed by atoms with van der Waals surface area (Å²) in [5.74, 6) is 0.0920. The summed E-state index contributed by atoms with van der Waals surface area (Å²) in [6.07, 6.45) is 6.96. The van der Waals surface area contributed by atoms with Gasteiger partial charge in [-0.2, -0.15) is 5.10 Å². The second-order valence-electron chi connectivity index (χ2n) is 7.13. The second kappa shape index (κ2) is 6.96. The fourth-order valence-electron chi connectivity index (χ4n) is 3.84. The number of hydrogen-bond donors (Lipinski definition) is 0. The number of aromatic nitrogens is 3. The Morgan fingerprint density at radius 2 is 2.08 bits per heavy atom. The maximum Gasteiger partial charge on any atom is 0.274 e. The first-order chi connectivity index (χ1) is 12.2. The summed E-state index contributed by atoms with van der Waals surface area (Å²) in [6, 6.07) is 6.54. The molecule has 2 aliphatic heterocycles. The van der Waals surface area contributed by atoms with Crippen molar-refractivity contribution >= 4 is 5.91 Å². The van der Waals surface area contributed by atoms with E-state index in [0.29, 0.717) is 11.7 Å². The van der Waals surface area contributed by atoms with Gasteiger partial charge in [0.15, 0.2) is 5.69 Å². The maximum atomic E-state index is 12.6. The number of hydrogen-bond acceptors (Lipinski definition) is 4. The second-order valence-corrected chi connectivity index (χ2v) is 7.13. The third-order valence-corrected chi connectivity index (χ3v) is 5.32. The normalized spacial score (nSPS) is 19.0. The molecule has 1 unspecified atom stereocenters. The van der Waals surface area contributed by atoms with Gasteiger partial charge in [0.1, 0.15) is 0 Å². The van der Waals surface area contributed by atoms with Crippen molar-refractivity contribution < 1.29 is 4.79 Å². The molecule has 0 aromatic carbocycles. The highest BCUT2D eigenvalue weighted by molar-refractivity contribution is 5.92. The standard InChI is InChI=1S/C19H25N5O/c1-15(11-16-5-4-6-20-13-16)23-9-10-24-17(14-23)12-18(21-24)19(25)22-7-2-3-8-22/h4-6,12-13,15H,2-3,7-11,14H2,1H3. The van der Waals surface area contributed by atoms with Gasteiger partial charge in [0, 0.05) is 44.6 Å². The van der Waals surface area contributed by atoms with E-state index in [1.807, 2.05) is 34.1 Å². The van der Waals surface area contributed by atoms with E-state index in [2.05, 4.69) is 28.0 Å². The first-order valence-corrected chi connectivity index (χ1v) is 9.19. The van der Waals surface area contributed by atoms with E-state index in [1.165, 1.54) is 5.56 Å². The van der Waals surface area contributed by atoms with Crippen LogP contribution in [0, 0.1) is 0 Å². The van der Waals surface area contributed by atoms with Gasteiger partial charge < -0.3 is 4.90 Å². The molecular weight excluding hydrogens is 314 g/mol. The monoisotopic (exact) mass is 339 g/mol. The van der Waals surface area contributed by atoms with Crippen LogP contribution in [0.4, 0.5) is 0 Å². The molecule has 2 aromatic rings. The summed E-state index contributed by atoms with van der Waals surface area (Å²) in [6.45, 7) is 6.66. The molecule has 1 saturated heterocycles. The minimum atomic E-state index is 0.0920. The fourth-order valence-corrected chi connectivity index (χ4v) is 3.84. The average molecular weight is 339 g/mol. The Bertz CT molecular complexity index is 736. The minimum Gasteiger partial charge on any atom is -0.337 e. The van der Waals surface area contributed by atoms with Gasteiger partial charge in [-0.3, -0.25) is 19.4 Å². The quantitative estimate of drug-likeness (QED) is 0.854. The predicted octanol–water partition coefficient (Wildman–Crippen LogP) is 1.96. The number of amides is 1. The molecule has 2 aromatic heterocycles. The van der Waals surface area contributed by atoms with Crippen LogP contribution in [0.1, 0.15) is 41.5 Å². The van der Waals surface area contributed by atoms with Crippen LogP contribution in [0.25, 0.3) is 0 Å². The summed E-state index contributed by atoms with van der Waals surface area (Å²) >= 11 is 0. The zero-order valence-corrected chi connectivity index (χ0v) is 14.8. The molecule has 0 N–H and O–H groups in total. The molecule has 4 heterocycles. The van der Waals surface area contributed by atoms with Crippen molar-refractivity contribution in [3.63, 3.8) is 0 Å². The molecule has 6 nitrogen and oxygen atoms in total. The molecule has 4 rings (SSSR count). The number of carbonyl (C=O) groups excluding carboxylic acids is 1. The zero-order valence-electron chi connectivity index (χ0n) is 14.8. The zero-order chi connectivity index (χ0) is 17.2. The van der Waals surface area contributed by atoms with Gasteiger partial charge in [0.2, 0.25) is 0 Å². The molecule has 1 amide bonds. The van der Waals surface area contributed by atoms with E-state index >= 15 is 0 Å². The summed E-state index contributed by atoms with van der Waals surface area (Å²) in [4.78, 5) is 21.1. The van der Waals surface area contributed by atoms with Gasteiger partial charge in [-0.15, -0.1) is 0 Å². The SMILES string of the molecule is CC(Cc1cccnc1)N1CCn2nc(C(=O)N3CCCC3)cc2C1. The number of pyridine rings is 1. The number of rotatable bonds is 4. The van der Waals surface area contributed by atoms with Crippen LogP contribution in [-0.4, -0.2) is 56.1 Å². The molecule has 0 saturated carbocycles. The highest BCUT2D eigenvalue weighted by Gasteiger charge is 2.26. The molecule has 1 fully saturated rings. The van der Waals surface area contributed by atoms with Crippen LogP contribution in [0.15, 0.2) is 30.6 Å². The molecule has 0 spiro atoms. The maximum absolute atomic E-state index is 12.6. The van der Waals surface area contributed by atoms with Gasteiger partial charge in [0.25, 0.3) is 5.91 Å². The summed E-state index contributed by atoms with van der Waals surface area (Å²) in [5, 5.41) is 4.56. The lowest BCUT2D eigenvalue weighted by Crippen LogP contribution is -2.40. The molecule has 1 atom stereocenters. The Hall–Kier alpha value is -2.21. The average Bonchev–Trinajstić information content (AvgIpc) is 3.31. The molecule has 132 valence electrons. The Balaban J connectivity index is 1.43. The lowest BCUT2D eigenvalue weighted by Gasteiger charge is -2.32. The Morgan fingerprint density at radius 3 is 2.84 bits per heavy atom. The summed E-state index contributed by atoms with van der Waals surface area (Å²) in [7, 11) is 0. The largest absolute Gasteiger partial charge is 0.337 e. The number of fused-ring (bicyclic) bond motifs is 1. The van der Waals surface area contributed by atoms with Crippen LogP contribution >= 0.6 is 0 Å². The van der Waals surface area contributed by atoms with Gasteiger partial charge >= 0.3 is 0 Å². The van der Waals surface area contributed by atoms with E-state index in [-0.39, 0.29) is 5.91 Å². The van der Waals surface area contributed by atoms with Crippen molar-refractivity contribution in [1.82, 2.24) is 24.6 Å². The van der Waals surface area contributed by atoms with Crippen LogP contribution in [-0.2, 0) is 19.5 Å². The van der Waals surface area contributed by atoms with Gasteiger partial charge in [-0.1, -0.05) is 6.07 Å². The third-order valence-electron chi connectivity index (χ3n) is 5.32. The smallest absolute Gasteiger partial charge is 0.274 e. The van der Waals surface area contributed by atoms with Crippen molar-refractivity contribution in [2.24, 2.45) is 0 Å². The van der Waals surface area contributed by atoms with Crippen molar-refractivity contribution in [2.75, 3.05) is 19.6 Å². The lowest BCUT2D eigenvalue weighted by atomic mass is 10.1. The van der Waals surface area contributed by atoms with Crippen molar-refractivity contribution in [3.05, 3.63) is 47.5 Å². The molecule has 0 bridgehead atoms. The van der Waals surface area contributed by atoms with E-state index in [1.54, 1.807) is 0 Å². The third kappa shape index (κ3) is 3.44. The number of likely N-dealkylation sites (tertiary alicyclic amines) is 1. The highest BCUT2D eigenvalue weighted by Crippen LogP contribution is 2.20. The van der Waals surface area contributed by atoms with E-state index < -0.39 is 0 Å².